The molecule has 0 N–H and O–H groups in total. The summed E-state index contributed by atoms with van der Waals surface area (Å²) in [6.07, 6.45) is 6.73. The number of halogens is 1. The molecule has 4 heteroatoms. The lowest BCUT2D eigenvalue weighted by Gasteiger charge is -2.37. The molecule has 3 nitrogen and oxygen atoms in total. The lowest BCUT2D eigenvalue weighted by atomic mass is 9.99. The Bertz CT molecular complexity index is 551. The Morgan fingerprint density at radius 2 is 2.11 bits per heavy atom. The fourth-order valence-corrected chi connectivity index (χ4v) is 3.45. The molecule has 1 aliphatic rings. The number of rotatable bonds is 3. The standard InChI is InChI=1S/C15H18BrN3/c16-9-8-12-5-3-4-10-19(12)15-13-6-1-2-7-14(13)17-11-18-15/h1-2,6-7,11-12H,3-5,8-10H2. The maximum Gasteiger partial charge on any atom is 0.140 e. The Kier molecular flexibility index (Phi) is 3.97. The van der Waals surface area contributed by atoms with Gasteiger partial charge in [0.25, 0.3) is 0 Å². The highest BCUT2D eigenvalue weighted by molar-refractivity contribution is 9.09. The average molecular weight is 320 g/mol. The van der Waals surface area contributed by atoms with E-state index in [4.69, 9.17) is 0 Å². The van der Waals surface area contributed by atoms with E-state index in [0.29, 0.717) is 6.04 Å². The van der Waals surface area contributed by atoms with Gasteiger partial charge in [-0.3, -0.25) is 0 Å². The zero-order valence-corrected chi connectivity index (χ0v) is 12.5. The van der Waals surface area contributed by atoms with Crippen LogP contribution in [0, 0.1) is 0 Å². The average Bonchev–Trinajstić information content (AvgIpc) is 2.48. The number of hydrogen-bond donors (Lipinski definition) is 0. The Morgan fingerprint density at radius 3 is 3.00 bits per heavy atom. The molecule has 0 amide bonds. The van der Waals surface area contributed by atoms with Crippen LogP contribution < -0.4 is 4.90 Å². The highest BCUT2D eigenvalue weighted by Gasteiger charge is 2.24. The van der Waals surface area contributed by atoms with E-state index in [9.17, 15) is 0 Å². The third-order valence-corrected chi connectivity index (χ3v) is 4.32. The predicted octanol–water partition coefficient (Wildman–Crippen LogP) is 3.77. The fourth-order valence-electron chi connectivity index (χ4n) is 2.92. The number of hydrogen-bond acceptors (Lipinski definition) is 3. The van der Waals surface area contributed by atoms with Gasteiger partial charge >= 0.3 is 0 Å². The van der Waals surface area contributed by atoms with Crippen molar-refractivity contribution in [1.82, 2.24) is 9.97 Å². The van der Waals surface area contributed by atoms with E-state index in [2.05, 4.69) is 49.0 Å². The Labute approximate surface area is 122 Å². The summed E-state index contributed by atoms with van der Waals surface area (Å²) in [7, 11) is 0. The van der Waals surface area contributed by atoms with Gasteiger partial charge in [-0.05, 0) is 37.8 Å². The minimum Gasteiger partial charge on any atom is -0.353 e. The summed E-state index contributed by atoms with van der Waals surface area (Å²) < 4.78 is 0. The highest BCUT2D eigenvalue weighted by atomic mass is 79.9. The zero-order chi connectivity index (χ0) is 13.1. The van der Waals surface area contributed by atoms with Gasteiger partial charge in [0.15, 0.2) is 0 Å². The molecule has 1 aliphatic heterocycles. The monoisotopic (exact) mass is 319 g/mol. The number of benzene rings is 1. The van der Waals surface area contributed by atoms with Gasteiger partial charge < -0.3 is 4.90 Å². The van der Waals surface area contributed by atoms with Crippen LogP contribution in [-0.4, -0.2) is 27.9 Å². The first-order chi connectivity index (χ1) is 9.40. The molecule has 1 fully saturated rings. The topological polar surface area (TPSA) is 29.0 Å². The smallest absolute Gasteiger partial charge is 0.140 e. The number of anilines is 1. The molecule has 1 unspecified atom stereocenters. The minimum atomic E-state index is 0.603. The van der Waals surface area contributed by atoms with Crippen molar-refractivity contribution in [2.75, 3.05) is 16.8 Å². The lowest BCUT2D eigenvalue weighted by Crippen LogP contribution is -2.40. The molecule has 2 aromatic rings. The first-order valence-electron chi connectivity index (χ1n) is 6.92. The zero-order valence-electron chi connectivity index (χ0n) is 10.9. The molecule has 1 saturated heterocycles. The summed E-state index contributed by atoms with van der Waals surface area (Å²) in [5.41, 5.74) is 1.04. The van der Waals surface area contributed by atoms with Gasteiger partial charge in [0.1, 0.15) is 12.1 Å². The first-order valence-corrected chi connectivity index (χ1v) is 8.04. The molecule has 0 radical (unpaired) electrons. The normalized spacial score (nSPS) is 19.8. The molecule has 19 heavy (non-hydrogen) atoms. The van der Waals surface area contributed by atoms with Gasteiger partial charge in [0.2, 0.25) is 0 Å². The van der Waals surface area contributed by atoms with E-state index < -0.39 is 0 Å². The summed E-state index contributed by atoms with van der Waals surface area (Å²) in [6.45, 7) is 1.11. The van der Waals surface area contributed by atoms with E-state index in [1.807, 2.05) is 6.07 Å². The predicted molar refractivity (Wildman–Crippen MR) is 82.9 cm³/mol. The molecule has 2 heterocycles. The van der Waals surface area contributed by atoms with Crippen molar-refractivity contribution in [2.24, 2.45) is 0 Å². The quantitative estimate of drug-likeness (QED) is 0.806. The van der Waals surface area contributed by atoms with Crippen molar-refractivity contribution in [2.45, 2.75) is 31.7 Å². The number of para-hydroxylation sites is 1. The van der Waals surface area contributed by atoms with Crippen LogP contribution in [0.25, 0.3) is 10.9 Å². The van der Waals surface area contributed by atoms with Crippen LogP contribution in [0.15, 0.2) is 30.6 Å². The summed E-state index contributed by atoms with van der Waals surface area (Å²) in [5, 5.41) is 2.23. The van der Waals surface area contributed by atoms with Crippen LogP contribution in [0.5, 0.6) is 0 Å². The van der Waals surface area contributed by atoms with E-state index in [-0.39, 0.29) is 0 Å². The maximum absolute atomic E-state index is 4.56. The van der Waals surface area contributed by atoms with Crippen molar-refractivity contribution in [3.05, 3.63) is 30.6 Å². The van der Waals surface area contributed by atoms with Gasteiger partial charge in [-0.1, -0.05) is 28.1 Å². The first kappa shape index (κ1) is 12.9. The van der Waals surface area contributed by atoms with E-state index in [1.54, 1.807) is 6.33 Å². The summed E-state index contributed by atoms with van der Waals surface area (Å²) >= 11 is 3.58. The third-order valence-electron chi connectivity index (χ3n) is 3.86. The van der Waals surface area contributed by atoms with Gasteiger partial charge in [-0.2, -0.15) is 0 Å². The number of nitrogens with zero attached hydrogens (tertiary/aromatic N) is 3. The van der Waals surface area contributed by atoms with Crippen LogP contribution in [-0.2, 0) is 0 Å². The van der Waals surface area contributed by atoms with Crippen LogP contribution in [0.3, 0.4) is 0 Å². The second kappa shape index (κ2) is 5.87. The van der Waals surface area contributed by atoms with E-state index in [1.165, 1.54) is 31.1 Å². The van der Waals surface area contributed by atoms with Crippen molar-refractivity contribution >= 4 is 32.7 Å². The molecule has 1 atom stereocenters. The van der Waals surface area contributed by atoms with Gasteiger partial charge in [-0.25, -0.2) is 9.97 Å². The van der Waals surface area contributed by atoms with E-state index in [0.717, 1.165) is 23.2 Å². The summed E-state index contributed by atoms with van der Waals surface area (Å²) in [5.74, 6) is 1.11. The molecule has 3 rings (SSSR count). The maximum atomic E-state index is 4.56. The second-order valence-corrected chi connectivity index (χ2v) is 5.83. The van der Waals surface area contributed by atoms with Crippen molar-refractivity contribution < 1.29 is 0 Å². The molecule has 0 bridgehead atoms. The number of piperidine rings is 1. The molecule has 100 valence electrons. The molecule has 1 aromatic heterocycles. The molecule has 0 saturated carbocycles. The van der Waals surface area contributed by atoms with Crippen LogP contribution in [0.4, 0.5) is 5.82 Å². The van der Waals surface area contributed by atoms with Crippen molar-refractivity contribution in [3.63, 3.8) is 0 Å². The third kappa shape index (κ3) is 2.59. The SMILES string of the molecule is BrCCC1CCCCN1c1ncnc2ccccc12. The molecular formula is C15H18BrN3. The van der Waals surface area contributed by atoms with Crippen molar-refractivity contribution in [1.29, 1.82) is 0 Å². The Balaban J connectivity index is 2.02. The Hall–Kier alpha value is -1.16. The van der Waals surface area contributed by atoms with Gasteiger partial charge in [-0.15, -0.1) is 0 Å². The van der Waals surface area contributed by atoms with Crippen LogP contribution in [0.1, 0.15) is 25.7 Å². The lowest BCUT2D eigenvalue weighted by molar-refractivity contribution is 0.450. The minimum absolute atomic E-state index is 0.603. The molecule has 1 aromatic carbocycles. The van der Waals surface area contributed by atoms with Crippen molar-refractivity contribution in [3.8, 4) is 0 Å². The van der Waals surface area contributed by atoms with Crippen LogP contribution >= 0.6 is 15.9 Å². The number of aromatic nitrogens is 2. The summed E-state index contributed by atoms with van der Waals surface area (Å²) in [6, 6.07) is 8.89. The van der Waals surface area contributed by atoms with Gasteiger partial charge in [0, 0.05) is 23.3 Å². The Morgan fingerprint density at radius 1 is 1.21 bits per heavy atom. The van der Waals surface area contributed by atoms with Gasteiger partial charge in [0.05, 0.1) is 5.52 Å². The second-order valence-electron chi connectivity index (χ2n) is 5.04. The highest BCUT2D eigenvalue weighted by Crippen LogP contribution is 2.30. The molecule has 0 spiro atoms. The fraction of sp³-hybridized carbons (Fsp3) is 0.467. The summed E-state index contributed by atoms with van der Waals surface area (Å²) in [4.78, 5) is 11.4. The van der Waals surface area contributed by atoms with Crippen LogP contribution in [0.2, 0.25) is 0 Å². The number of alkyl halides is 1. The molecular weight excluding hydrogens is 302 g/mol. The molecule has 0 aliphatic carbocycles. The van der Waals surface area contributed by atoms with E-state index >= 15 is 0 Å². The number of fused-ring (bicyclic) bond motifs is 1. The largest absolute Gasteiger partial charge is 0.353 e.